The van der Waals surface area contributed by atoms with E-state index in [1.165, 1.54) is 0 Å². The highest BCUT2D eigenvalue weighted by Gasteiger charge is 2.39. The number of amides is 1. The Kier molecular flexibility index (Phi) is 5.33. The van der Waals surface area contributed by atoms with Gasteiger partial charge >= 0.3 is 0 Å². The molecule has 1 aliphatic carbocycles. The number of allylic oxidation sites excluding steroid dienone is 1. The van der Waals surface area contributed by atoms with Gasteiger partial charge in [-0.1, -0.05) is 32.0 Å². The van der Waals surface area contributed by atoms with Gasteiger partial charge in [-0.3, -0.25) is 14.6 Å². The number of fused-ring (bicyclic) bond motifs is 1. The maximum absolute atomic E-state index is 13.1. The first kappa shape index (κ1) is 20.1. The number of nitrogens with one attached hydrogen (secondary N) is 2. The minimum Gasteiger partial charge on any atom is -0.357 e. The number of hydrogen-bond acceptors (Lipinski definition) is 5. The number of para-hydroxylation sites is 2. The fourth-order valence-electron chi connectivity index (χ4n) is 4.41. The molecule has 0 saturated heterocycles. The normalized spacial score (nSPS) is 20.0. The highest BCUT2D eigenvalue weighted by atomic mass is 16.2. The molecule has 156 valence electrons. The van der Waals surface area contributed by atoms with E-state index in [-0.39, 0.29) is 29.7 Å². The fourth-order valence-corrected chi connectivity index (χ4v) is 4.41. The third-order valence-corrected chi connectivity index (χ3v) is 5.81. The smallest absolute Gasteiger partial charge is 0.239 e. The van der Waals surface area contributed by atoms with Crippen LogP contribution in [-0.4, -0.2) is 29.3 Å². The first-order chi connectivity index (χ1) is 14.3. The molecule has 2 heterocycles. The van der Waals surface area contributed by atoms with Crippen molar-refractivity contribution in [3.63, 3.8) is 0 Å². The zero-order chi connectivity index (χ0) is 21.3. The fraction of sp³-hybridized carbons (Fsp3) is 0.375. The van der Waals surface area contributed by atoms with Crippen LogP contribution in [0.1, 0.15) is 39.3 Å². The lowest BCUT2D eigenvalue weighted by Gasteiger charge is -2.36. The molecule has 0 spiro atoms. The van der Waals surface area contributed by atoms with E-state index in [0.717, 1.165) is 34.8 Å². The molecule has 30 heavy (non-hydrogen) atoms. The number of anilines is 2. The second kappa shape index (κ2) is 7.94. The molecule has 0 fully saturated rings. The predicted molar refractivity (Wildman–Crippen MR) is 118 cm³/mol. The Balaban J connectivity index is 1.61. The van der Waals surface area contributed by atoms with Crippen LogP contribution in [0.2, 0.25) is 0 Å². The Morgan fingerprint density at radius 3 is 2.73 bits per heavy atom. The van der Waals surface area contributed by atoms with Crippen molar-refractivity contribution in [2.24, 2.45) is 5.41 Å². The van der Waals surface area contributed by atoms with Gasteiger partial charge in [0.2, 0.25) is 5.91 Å². The Morgan fingerprint density at radius 1 is 1.20 bits per heavy atom. The molecule has 2 N–H and O–H groups in total. The molecular formula is C24H28N4O2. The molecule has 0 bridgehead atoms. The molecule has 1 aromatic heterocycles. The lowest BCUT2D eigenvalue weighted by atomic mass is 9.74. The third-order valence-electron chi connectivity index (χ3n) is 5.81. The van der Waals surface area contributed by atoms with Crippen molar-refractivity contribution in [1.82, 2.24) is 10.3 Å². The zero-order valence-electron chi connectivity index (χ0n) is 17.7. The second-order valence-electron chi connectivity index (χ2n) is 8.88. The average Bonchev–Trinajstić information content (AvgIpc) is 2.81. The Bertz CT molecular complexity index is 997. The molecule has 1 aromatic carbocycles. The molecule has 2 aliphatic rings. The van der Waals surface area contributed by atoms with Crippen molar-refractivity contribution in [3.8, 4) is 0 Å². The summed E-state index contributed by atoms with van der Waals surface area (Å²) in [4.78, 5) is 32.1. The van der Waals surface area contributed by atoms with Crippen LogP contribution in [0.15, 0.2) is 59.9 Å². The molecule has 0 saturated carbocycles. The van der Waals surface area contributed by atoms with Gasteiger partial charge in [-0.05, 0) is 43.0 Å². The van der Waals surface area contributed by atoms with Crippen LogP contribution in [0.4, 0.5) is 11.4 Å². The molecule has 1 aliphatic heterocycles. The van der Waals surface area contributed by atoms with E-state index in [4.69, 9.17) is 0 Å². The quantitative estimate of drug-likeness (QED) is 0.814. The number of aromatic nitrogens is 1. The van der Waals surface area contributed by atoms with E-state index in [2.05, 4.69) is 29.5 Å². The number of ketones is 1. The van der Waals surface area contributed by atoms with Crippen molar-refractivity contribution in [2.45, 2.75) is 46.2 Å². The summed E-state index contributed by atoms with van der Waals surface area (Å²) in [5.41, 5.74) is 4.37. The number of hydrogen-bond donors (Lipinski definition) is 2. The van der Waals surface area contributed by atoms with Gasteiger partial charge in [0, 0.05) is 23.9 Å². The highest BCUT2D eigenvalue weighted by Crippen LogP contribution is 2.43. The van der Waals surface area contributed by atoms with E-state index in [1.54, 1.807) is 6.20 Å². The van der Waals surface area contributed by atoms with Crippen molar-refractivity contribution in [3.05, 3.63) is 65.6 Å². The Hall–Kier alpha value is -3.15. The zero-order valence-corrected chi connectivity index (χ0v) is 17.7. The predicted octanol–water partition coefficient (Wildman–Crippen LogP) is 3.66. The van der Waals surface area contributed by atoms with Crippen LogP contribution in [0.3, 0.4) is 0 Å². The van der Waals surface area contributed by atoms with Gasteiger partial charge in [0.15, 0.2) is 5.78 Å². The molecule has 4 rings (SSSR count). The summed E-state index contributed by atoms with van der Waals surface area (Å²) in [6.45, 7) is 6.81. The third kappa shape index (κ3) is 4.08. The molecule has 2 aromatic rings. The van der Waals surface area contributed by atoms with E-state index in [1.807, 2.05) is 54.3 Å². The summed E-state index contributed by atoms with van der Waals surface area (Å²) in [5, 5.41) is 6.46. The topological polar surface area (TPSA) is 74.3 Å². The number of rotatable bonds is 4. The van der Waals surface area contributed by atoms with Crippen LogP contribution in [0.5, 0.6) is 0 Å². The minimum atomic E-state index is -0.194. The molecule has 6 nitrogen and oxygen atoms in total. The summed E-state index contributed by atoms with van der Waals surface area (Å²) in [5.74, 6) is 0.0582. The molecule has 0 radical (unpaired) electrons. The monoisotopic (exact) mass is 404 g/mol. The van der Waals surface area contributed by atoms with E-state index < -0.39 is 0 Å². The van der Waals surface area contributed by atoms with Crippen molar-refractivity contribution >= 4 is 23.1 Å². The number of pyridine rings is 1. The van der Waals surface area contributed by atoms with Crippen LogP contribution in [-0.2, 0) is 16.1 Å². The highest BCUT2D eigenvalue weighted by molar-refractivity contribution is 6.01. The summed E-state index contributed by atoms with van der Waals surface area (Å²) in [6.07, 6.45) is 3.05. The molecule has 1 atom stereocenters. The first-order valence-corrected chi connectivity index (χ1v) is 10.4. The maximum Gasteiger partial charge on any atom is 0.239 e. The number of carbonyl (C=O) groups is 2. The van der Waals surface area contributed by atoms with Crippen LogP contribution < -0.4 is 15.5 Å². The van der Waals surface area contributed by atoms with E-state index >= 15 is 0 Å². The van der Waals surface area contributed by atoms with E-state index in [0.29, 0.717) is 13.0 Å². The largest absolute Gasteiger partial charge is 0.357 e. The van der Waals surface area contributed by atoms with Gasteiger partial charge in [-0.15, -0.1) is 0 Å². The first-order valence-electron chi connectivity index (χ1n) is 10.4. The standard InChI is InChI=1S/C24H28N4O2/c1-16-23-19(12-24(2,3)13-21(23)29)27-18-9-4-5-10-20(18)28(16)15-22(30)26-14-17-8-6-7-11-25-17/h4-11,16,27H,12-15H2,1-3H3,(H,26,30)/t16-/m1/s1. The summed E-state index contributed by atoms with van der Waals surface area (Å²) < 4.78 is 0. The number of nitrogens with zero attached hydrogens (tertiary/aromatic N) is 2. The Labute approximate surface area is 177 Å². The van der Waals surface area contributed by atoms with Gasteiger partial charge in [0.05, 0.1) is 36.2 Å². The Morgan fingerprint density at radius 2 is 1.97 bits per heavy atom. The summed E-state index contributed by atoms with van der Waals surface area (Å²) in [7, 11) is 0. The van der Waals surface area contributed by atoms with Crippen molar-refractivity contribution < 1.29 is 9.59 Å². The van der Waals surface area contributed by atoms with Crippen molar-refractivity contribution in [2.75, 3.05) is 16.8 Å². The van der Waals surface area contributed by atoms with Gasteiger partial charge in [0.1, 0.15) is 0 Å². The maximum atomic E-state index is 13.1. The molecule has 6 heteroatoms. The summed E-state index contributed by atoms with van der Waals surface area (Å²) >= 11 is 0. The SMILES string of the molecule is C[C@@H]1C2=C(CC(C)(C)CC2=O)Nc2ccccc2N1CC(=O)NCc1ccccn1. The second-order valence-corrected chi connectivity index (χ2v) is 8.88. The lowest BCUT2D eigenvalue weighted by molar-refractivity contribution is -0.120. The number of Topliss-reactive ketones (excluding diaryl/α,β-unsaturated/α-hetero) is 1. The van der Waals surface area contributed by atoms with E-state index in [9.17, 15) is 9.59 Å². The minimum absolute atomic E-state index is 0.0766. The van der Waals surface area contributed by atoms with Crippen LogP contribution in [0.25, 0.3) is 0 Å². The summed E-state index contributed by atoms with van der Waals surface area (Å²) in [6, 6.07) is 13.4. The lowest BCUT2D eigenvalue weighted by Crippen LogP contribution is -2.44. The molecular weight excluding hydrogens is 376 g/mol. The number of benzene rings is 1. The average molecular weight is 405 g/mol. The van der Waals surface area contributed by atoms with Crippen molar-refractivity contribution in [1.29, 1.82) is 0 Å². The number of carbonyl (C=O) groups excluding carboxylic acids is 2. The van der Waals surface area contributed by atoms with Crippen LogP contribution in [0, 0.1) is 5.41 Å². The molecule has 0 unspecified atom stereocenters. The molecule has 1 amide bonds. The van der Waals surface area contributed by atoms with Gasteiger partial charge in [-0.2, -0.15) is 0 Å². The van der Waals surface area contributed by atoms with Crippen LogP contribution >= 0.6 is 0 Å². The van der Waals surface area contributed by atoms with Gasteiger partial charge < -0.3 is 15.5 Å². The van der Waals surface area contributed by atoms with Gasteiger partial charge in [-0.25, -0.2) is 0 Å². The van der Waals surface area contributed by atoms with Gasteiger partial charge in [0.25, 0.3) is 0 Å².